The molecule has 3 N–H and O–H groups in total. The molecule has 0 aliphatic carbocycles. The van der Waals surface area contributed by atoms with Crippen molar-refractivity contribution in [2.24, 2.45) is 5.73 Å². The lowest BCUT2D eigenvalue weighted by Gasteiger charge is -2.14. The molecule has 2 aromatic rings. The maximum Gasteiger partial charge on any atom is 0.277 e. The van der Waals surface area contributed by atoms with Gasteiger partial charge >= 0.3 is 0 Å². The van der Waals surface area contributed by atoms with E-state index in [1.807, 2.05) is 13.0 Å². The van der Waals surface area contributed by atoms with E-state index in [0.29, 0.717) is 10.9 Å². The number of nitrogens with two attached hydrogens (primary N) is 1. The average Bonchev–Trinajstić information content (AvgIpc) is 2.53. The van der Waals surface area contributed by atoms with E-state index < -0.39 is 24.9 Å². The van der Waals surface area contributed by atoms with Gasteiger partial charge in [0.15, 0.2) is 0 Å². The molecule has 23 heavy (non-hydrogen) atoms. The fourth-order valence-corrected chi connectivity index (χ4v) is 2.11. The number of aromatic nitrogens is 2. The van der Waals surface area contributed by atoms with Crippen LogP contribution in [0, 0.1) is 6.92 Å². The van der Waals surface area contributed by atoms with Gasteiger partial charge in [-0.25, -0.2) is 13.8 Å². The highest BCUT2D eigenvalue weighted by Crippen LogP contribution is 2.11. The third-order valence-corrected chi connectivity index (χ3v) is 3.48. The molecule has 1 heterocycles. The number of hydrogen-bond donors (Lipinski definition) is 2. The lowest BCUT2D eigenvalue weighted by atomic mass is 10.1. The lowest BCUT2D eigenvalue weighted by Crippen LogP contribution is -2.41. The molecule has 0 unspecified atom stereocenters. The van der Waals surface area contributed by atoms with Gasteiger partial charge in [-0.2, -0.15) is 0 Å². The minimum atomic E-state index is -3.13. The number of fused-ring (bicyclic) bond motifs is 1. The third-order valence-electron chi connectivity index (χ3n) is 3.48. The van der Waals surface area contributed by atoms with Crippen LogP contribution in [0.4, 0.5) is 8.78 Å². The Kier molecular flexibility index (Phi) is 5.05. The van der Waals surface area contributed by atoms with Crippen molar-refractivity contribution in [3.8, 4) is 0 Å². The number of carbonyl (C=O) groups excluding carboxylic acids is 1. The summed E-state index contributed by atoms with van der Waals surface area (Å²) in [5.41, 5.74) is 6.12. The van der Waals surface area contributed by atoms with Crippen LogP contribution in [0.2, 0.25) is 0 Å². The van der Waals surface area contributed by atoms with Crippen molar-refractivity contribution in [1.82, 2.24) is 14.9 Å². The van der Waals surface area contributed by atoms with Crippen LogP contribution >= 0.6 is 0 Å². The van der Waals surface area contributed by atoms with Crippen LogP contribution in [0.1, 0.15) is 12.0 Å². The van der Waals surface area contributed by atoms with Crippen LogP contribution in [-0.2, 0) is 11.3 Å². The topological polar surface area (TPSA) is 90.0 Å². The predicted molar refractivity (Wildman–Crippen MR) is 82.4 cm³/mol. The van der Waals surface area contributed by atoms with E-state index in [0.717, 1.165) is 5.56 Å². The molecule has 1 aromatic heterocycles. The fraction of sp³-hybridized carbons (Fsp3) is 0.400. The van der Waals surface area contributed by atoms with Gasteiger partial charge in [0.25, 0.3) is 11.5 Å². The van der Waals surface area contributed by atoms with Gasteiger partial charge < -0.3 is 11.1 Å². The molecule has 0 radical (unpaired) electrons. The second kappa shape index (κ2) is 6.82. The maximum atomic E-state index is 12.9. The summed E-state index contributed by atoms with van der Waals surface area (Å²) in [5, 5.41) is 2.57. The highest BCUT2D eigenvalue weighted by molar-refractivity contribution is 5.80. The number of rotatable bonds is 6. The Morgan fingerprint density at radius 3 is 2.87 bits per heavy atom. The molecule has 0 fully saturated rings. The molecule has 124 valence electrons. The Bertz CT molecular complexity index is 774. The quantitative estimate of drug-likeness (QED) is 0.822. The van der Waals surface area contributed by atoms with Gasteiger partial charge in [0, 0.05) is 13.0 Å². The molecule has 0 bridgehead atoms. The van der Waals surface area contributed by atoms with E-state index in [9.17, 15) is 18.4 Å². The number of nitrogens with zero attached hydrogens (tertiary/aromatic N) is 2. The van der Waals surface area contributed by atoms with Gasteiger partial charge in [0.1, 0.15) is 0 Å². The normalized spacial score (nSPS) is 11.7. The predicted octanol–water partition coefficient (Wildman–Crippen LogP) is 0.805. The first kappa shape index (κ1) is 17.0. The van der Waals surface area contributed by atoms with Gasteiger partial charge in [-0.15, -0.1) is 0 Å². The molecule has 1 aromatic carbocycles. The SMILES string of the molecule is Cc1cccc2c(=O)n(CCC(=O)NCC(F)(F)CN)cnc12. The minimum Gasteiger partial charge on any atom is -0.350 e. The van der Waals surface area contributed by atoms with E-state index in [2.05, 4.69) is 10.3 Å². The highest BCUT2D eigenvalue weighted by Gasteiger charge is 2.26. The number of para-hydroxylation sites is 1. The number of amides is 1. The van der Waals surface area contributed by atoms with Gasteiger partial charge in [-0.05, 0) is 18.6 Å². The van der Waals surface area contributed by atoms with Crippen molar-refractivity contribution < 1.29 is 13.6 Å². The number of hydrogen-bond acceptors (Lipinski definition) is 4. The highest BCUT2D eigenvalue weighted by atomic mass is 19.3. The van der Waals surface area contributed by atoms with Crippen LogP contribution in [0.3, 0.4) is 0 Å². The monoisotopic (exact) mass is 324 g/mol. The molecule has 1 amide bonds. The summed E-state index contributed by atoms with van der Waals surface area (Å²) in [4.78, 5) is 28.1. The Morgan fingerprint density at radius 2 is 2.17 bits per heavy atom. The molecule has 8 heteroatoms. The summed E-state index contributed by atoms with van der Waals surface area (Å²) < 4.78 is 27.2. The molecule has 0 saturated heterocycles. The first-order valence-electron chi connectivity index (χ1n) is 7.13. The number of aryl methyl sites for hydroxylation is 2. The molecule has 0 aliphatic heterocycles. The van der Waals surface area contributed by atoms with Crippen molar-refractivity contribution in [2.45, 2.75) is 25.8 Å². The number of benzene rings is 1. The zero-order valence-corrected chi connectivity index (χ0v) is 12.7. The van der Waals surface area contributed by atoms with E-state index in [1.165, 1.54) is 10.9 Å². The molecular formula is C15H18F2N4O2. The van der Waals surface area contributed by atoms with Crippen LogP contribution in [0.5, 0.6) is 0 Å². The van der Waals surface area contributed by atoms with Crippen LogP contribution < -0.4 is 16.6 Å². The van der Waals surface area contributed by atoms with E-state index >= 15 is 0 Å². The zero-order valence-electron chi connectivity index (χ0n) is 12.7. The number of carbonyl (C=O) groups is 1. The Labute approximate surface area is 131 Å². The van der Waals surface area contributed by atoms with E-state index in [-0.39, 0.29) is 18.5 Å². The first-order valence-corrected chi connectivity index (χ1v) is 7.13. The van der Waals surface area contributed by atoms with Crippen LogP contribution in [-0.4, -0.2) is 34.5 Å². The maximum absolute atomic E-state index is 12.9. The summed E-state index contributed by atoms with van der Waals surface area (Å²) >= 11 is 0. The second-order valence-electron chi connectivity index (χ2n) is 5.30. The van der Waals surface area contributed by atoms with Crippen molar-refractivity contribution in [3.05, 3.63) is 40.4 Å². The lowest BCUT2D eigenvalue weighted by molar-refractivity contribution is -0.123. The van der Waals surface area contributed by atoms with Crippen LogP contribution in [0.25, 0.3) is 10.9 Å². The summed E-state index contributed by atoms with van der Waals surface area (Å²) in [5.74, 6) is -3.71. The molecule has 0 aliphatic rings. The summed E-state index contributed by atoms with van der Waals surface area (Å²) in [6, 6.07) is 5.27. The van der Waals surface area contributed by atoms with Crippen LogP contribution in [0.15, 0.2) is 29.3 Å². The van der Waals surface area contributed by atoms with Crippen molar-refractivity contribution in [3.63, 3.8) is 0 Å². The Balaban J connectivity index is 2.04. The molecule has 0 spiro atoms. The third kappa shape index (κ3) is 4.10. The largest absolute Gasteiger partial charge is 0.350 e. The Morgan fingerprint density at radius 1 is 1.43 bits per heavy atom. The summed E-state index contributed by atoms with van der Waals surface area (Å²) in [6.45, 7) is 0.271. The van der Waals surface area contributed by atoms with Gasteiger partial charge in [-0.1, -0.05) is 12.1 Å². The van der Waals surface area contributed by atoms with E-state index in [4.69, 9.17) is 5.73 Å². The molecule has 2 rings (SSSR count). The molecule has 6 nitrogen and oxygen atoms in total. The average molecular weight is 324 g/mol. The van der Waals surface area contributed by atoms with Gasteiger partial charge in [0.05, 0.1) is 30.3 Å². The number of nitrogens with one attached hydrogen (secondary N) is 1. The first-order chi connectivity index (χ1) is 10.8. The van der Waals surface area contributed by atoms with Crippen molar-refractivity contribution in [2.75, 3.05) is 13.1 Å². The standard InChI is InChI=1S/C15H18F2N4O2/c1-10-3-2-4-11-13(10)20-9-21(14(11)23)6-5-12(22)19-8-15(16,17)7-18/h2-4,9H,5-8,18H2,1H3,(H,19,22). The number of halogens is 2. The second-order valence-corrected chi connectivity index (χ2v) is 5.30. The molecule has 0 saturated carbocycles. The molecular weight excluding hydrogens is 306 g/mol. The Hall–Kier alpha value is -2.35. The fourth-order valence-electron chi connectivity index (χ4n) is 2.11. The summed E-state index contributed by atoms with van der Waals surface area (Å²) in [6.07, 6.45) is 1.26. The number of alkyl halides is 2. The summed E-state index contributed by atoms with van der Waals surface area (Å²) in [7, 11) is 0. The molecule has 0 atom stereocenters. The van der Waals surface area contributed by atoms with Gasteiger partial charge in [0.2, 0.25) is 5.91 Å². The smallest absolute Gasteiger partial charge is 0.277 e. The van der Waals surface area contributed by atoms with Crippen molar-refractivity contribution >= 4 is 16.8 Å². The van der Waals surface area contributed by atoms with Crippen molar-refractivity contribution in [1.29, 1.82) is 0 Å². The van der Waals surface area contributed by atoms with E-state index in [1.54, 1.807) is 12.1 Å². The zero-order chi connectivity index (χ0) is 17.0. The van der Waals surface area contributed by atoms with Gasteiger partial charge in [-0.3, -0.25) is 14.2 Å². The minimum absolute atomic E-state index is 0.0652.